The zero-order valence-electron chi connectivity index (χ0n) is 38.8. The maximum atomic E-state index is 6.65. The fraction of sp³-hybridized carbons (Fsp3) is 0.479. The quantitative estimate of drug-likeness (QED) is 0.0294. The number of hydrogen-bond acceptors (Lipinski definition) is 9. The van der Waals surface area contributed by atoms with Gasteiger partial charge in [0, 0.05) is 94.9 Å². The number of nitrogens with one attached hydrogen (secondary N) is 6. The summed E-state index contributed by atoms with van der Waals surface area (Å²) in [6.45, 7) is 32.5. The molecule has 4 heterocycles. The Hall–Kier alpha value is -4.85. The number of rotatable bonds is 19. The maximum absolute atomic E-state index is 6.65. The van der Waals surface area contributed by atoms with E-state index in [9.17, 15) is 0 Å². The molecule has 6 rings (SSSR count). The van der Waals surface area contributed by atoms with E-state index < -0.39 is 0 Å². The van der Waals surface area contributed by atoms with Crippen LogP contribution in [0.15, 0.2) is 66.5 Å². The van der Waals surface area contributed by atoms with Gasteiger partial charge in [0.1, 0.15) is 5.82 Å². The van der Waals surface area contributed by atoms with Gasteiger partial charge in [0.05, 0.1) is 5.52 Å². The van der Waals surface area contributed by atoms with E-state index in [0.717, 1.165) is 116 Å². The highest BCUT2D eigenvalue weighted by Crippen LogP contribution is 2.36. The van der Waals surface area contributed by atoms with Crippen molar-refractivity contribution in [1.82, 2.24) is 45.4 Å². The Kier molecular flexibility index (Phi) is 23.8. The Morgan fingerprint density at radius 1 is 0.817 bits per heavy atom. The van der Waals surface area contributed by atoms with Gasteiger partial charge in [0.15, 0.2) is 5.65 Å². The first-order valence-electron chi connectivity index (χ1n) is 22.3. The summed E-state index contributed by atoms with van der Waals surface area (Å²) in [5.41, 5.74) is 23.6. The molecule has 0 radical (unpaired) electrons. The van der Waals surface area contributed by atoms with Crippen molar-refractivity contribution in [2.45, 2.75) is 94.7 Å². The monoisotopic (exact) mass is 823 g/mol. The van der Waals surface area contributed by atoms with Crippen molar-refractivity contribution in [3.8, 4) is 11.3 Å². The van der Waals surface area contributed by atoms with Crippen molar-refractivity contribution in [3.05, 3.63) is 89.1 Å². The minimum atomic E-state index is -0.166. The largest absolute Gasteiger partial charge is 0.401 e. The van der Waals surface area contributed by atoms with Gasteiger partial charge in [-0.05, 0) is 107 Å². The second-order valence-corrected chi connectivity index (χ2v) is 13.9. The van der Waals surface area contributed by atoms with Crippen LogP contribution in [0, 0.1) is 5.41 Å². The predicted octanol–water partition coefficient (Wildman–Crippen LogP) is 9.23. The third-order valence-electron chi connectivity index (χ3n) is 10.2. The first-order chi connectivity index (χ1) is 29.3. The van der Waals surface area contributed by atoms with Gasteiger partial charge in [0.25, 0.3) is 0 Å². The predicted molar refractivity (Wildman–Crippen MR) is 261 cm³/mol. The van der Waals surface area contributed by atoms with Gasteiger partial charge < -0.3 is 52.3 Å². The van der Waals surface area contributed by atoms with Crippen LogP contribution in [-0.2, 0) is 13.1 Å². The van der Waals surface area contributed by atoms with Crippen molar-refractivity contribution in [1.29, 1.82) is 5.41 Å². The molecule has 1 unspecified atom stereocenters. The molecule has 60 heavy (non-hydrogen) atoms. The van der Waals surface area contributed by atoms with Crippen molar-refractivity contribution in [2.75, 3.05) is 59.4 Å². The van der Waals surface area contributed by atoms with Crippen LogP contribution in [0.2, 0.25) is 0 Å². The average Bonchev–Trinajstić information content (AvgIpc) is 4.05. The summed E-state index contributed by atoms with van der Waals surface area (Å²) >= 11 is 0. The van der Waals surface area contributed by atoms with Crippen LogP contribution < -0.4 is 22.1 Å². The van der Waals surface area contributed by atoms with Crippen molar-refractivity contribution in [2.24, 2.45) is 11.5 Å². The molecule has 0 fully saturated rings. The standard InChI is InChI=1S/C41H57N11.3C2H6.CH3N/c1-6-44-15-9-16-45-25-28-10-12-35-30(20-28)23-37(48-35)38(33(43)24-42)27(4)40-49-39-32(14-17-46-41(39)50-40)36-22-31-21-29(11-13-34(31)47-36)26-51(5)18-19-52(7-2)8-3;4*1-2/h10-14,17,20-23,27,44-45,47-48H,6-9,15-16,18-19,24-26,42-43H2,1-5H3,(H,46,49,50);3*1-2H3;2H,1H2/b38-33-;;;;. The van der Waals surface area contributed by atoms with E-state index in [-0.39, 0.29) is 12.5 Å². The summed E-state index contributed by atoms with van der Waals surface area (Å²) in [7, 11) is 2.20. The number of nitrogens with zero attached hydrogens (tertiary/aromatic N) is 4. The van der Waals surface area contributed by atoms with Crippen LogP contribution in [0.4, 0.5) is 0 Å². The summed E-state index contributed by atoms with van der Waals surface area (Å²) in [6.07, 6.45) is 2.93. The first-order valence-corrected chi connectivity index (χ1v) is 22.3. The lowest BCUT2D eigenvalue weighted by molar-refractivity contribution is 0.236. The molecule has 10 N–H and O–H groups in total. The third kappa shape index (κ3) is 13.9. The Morgan fingerprint density at radius 2 is 1.45 bits per heavy atom. The molecular formula is C48H78N12. The summed E-state index contributed by atoms with van der Waals surface area (Å²) in [5, 5.41) is 14.8. The summed E-state index contributed by atoms with van der Waals surface area (Å²) < 4.78 is 0. The first kappa shape index (κ1) is 51.3. The second-order valence-electron chi connectivity index (χ2n) is 13.9. The molecule has 330 valence electrons. The zero-order chi connectivity index (χ0) is 44.6. The highest BCUT2D eigenvalue weighted by molar-refractivity contribution is 5.94. The Balaban J connectivity index is 0.00000146. The van der Waals surface area contributed by atoms with E-state index in [2.05, 4.69) is 130 Å². The van der Waals surface area contributed by atoms with Gasteiger partial charge in [-0.3, -0.25) is 0 Å². The molecule has 0 aliphatic heterocycles. The molecule has 0 saturated carbocycles. The molecule has 4 aromatic heterocycles. The number of nitrogens with two attached hydrogens (primary N) is 2. The third-order valence-corrected chi connectivity index (χ3v) is 10.2. The molecule has 2 aromatic carbocycles. The SMILES string of the molecule is C=N.CC.CC.CC.CCNCCCNCc1ccc2[nH]c(/C(=C(\N)CN)C(C)c3nc4nccc(-c5cc6cc(CN(C)CCN(CC)CC)ccc6[nH]5)c4[nH]3)cc2c1. The molecule has 1 atom stereocenters. The normalized spacial score (nSPS) is 11.9. The number of likely N-dealkylation sites (N-methyl/N-ethyl adjacent to an activating group) is 2. The Labute approximate surface area is 360 Å². The van der Waals surface area contributed by atoms with Crippen molar-refractivity contribution < 1.29 is 0 Å². The summed E-state index contributed by atoms with van der Waals surface area (Å²) in [6, 6.07) is 19.7. The fourth-order valence-corrected chi connectivity index (χ4v) is 7.14. The fourth-order valence-electron chi connectivity index (χ4n) is 7.14. The number of pyridine rings is 1. The molecule has 0 amide bonds. The van der Waals surface area contributed by atoms with Gasteiger partial charge >= 0.3 is 0 Å². The lowest BCUT2D eigenvalue weighted by atomic mass is 9.95. The number of imidazole rings is 1. The number of aromatic nitrogens is 5. The number of allylic oxidation sites excluding steroid dienone is 1. The van der Waals surface area contributed by atoms with E-state index in [0.29, 0.717) is 11.3 Å². The molecule has 6 aromatic rings. The molecule has 12 nitrogen and oxygen atoms in total. The Bertz CT molecular complexity index is 2120. The number of aromatic amines is 3. The smallest absolute Gasteiger partial charge is 0.178 e. The van der Waals surface area contributed by atoms with Crippen LogP contribution >= 0.6 is 0 Å². The molecule has 0 aliphatic rings. The summed E-state index contributed by atoms with van der Waals surface area (Å²) in [5.74, 6) is 0.620. The van der Waals surface area contributed by atoms with Crippen molar-refractivity contribution >= 4 is 45.3 Å². The molecule has 0 bridgehead atoms. The molecule has 0 aliphatic carbocycles. The minimum absolute atomic E-state index is 0.166. The number of H-pyrrole nitrogens is 3. The number of hydrogen-bond donors (Lipinski definition) is 8. The van der Waals surface area contributed by atoms with Crippen LogP contribution in [0.1, 0.15) is 104 Å². The van der Waals surface area contributed by atoms with E-state index in [4.69, 9.17) is 21.9 Å². The van der Waals surface area contributed by atoms with E-state index >= 15 is 0 Å². The second kappa shape index (κ2) is 27.8. The van der Waals surface area contributed by atoms with Gasteiger partial charge in [-0.15, -0.1) is 0 Å². The van der Waals surface area contributed by atoms with Crippen LogP contribution in [0.5, 0.6) is 0 Å². The van der Waals surface area contributed by atoms with Gasteiger partial charge in [-0.1, -0.05) is 81.4 Å². The van der Waals surface area contributed by atoms with Crippen LogP contribution in [0.25, 0.3) is 49.8 Å². The van der Waals surface area contributed by atoms with Crippen LogP contribution in [0.3, 0.4) is 0 Å². The van der Waals surface area contributed by atoms with Gasteiger partial charge in [0.2, 0.25) is 0 Å². The highest BCUT2D eigenvalue weighted by Gasteiger charge is 2.23. The van der Waals surface area contributed by atoms with Crippen LogP contribution in [-0.4, -0.2) is 101 Å². The van der Waals surface area contributed by atoms with E-state index in [1.807, 2.05) is 53.8 Å². The molecular weight excluding hydrogens is 745 g/mol. The lowest BCUT2D eigenvalue weighted by Crippen LogP contribution is -2.32. The minimum Gasteiger partial charge on any atom is -0.401 e. The maximum Gasteiger partial charge on any atom is 0.178 e. The summed E-state index contributed by atoms with van der Waals surface area (Å²) in [4.78, 5) is 25.4. The van der Waals surface area contributed by atoms with Crippen molar-refractivity contribution in [3.63, 3.8) is 0 Å². The highest BCUT2D eigenvalue weighted by atomic mass is 15.2. The Morgan fingerprint density at radius 3 is 2.12 bits per heavy atom. The molecule has 0 spiro atoms. The zero-order valence-corrected chi connectivity index (χ0v) is 38.8. The topological polar surface area (TPSA) is 180 Å². The number of fused-ring (bicyclic) bond motifs is 3. The van der Waals surface area contributed by atoms with E-state index in [1.54, 1.807) is 0 Å². The molecule has 12 heteroatoms. The number of benzene rings is 2. The lowest BCUT2D eigenvalue weighted by Gasteiger charge is -2.23. The average molecular weight is 823 g/mol. The van der Waals surface area contributed by atoms with E-state index in [1.165, 1.54) is 16.5 Å². The van der Waals surface area contributed by atoms with Gasteiger partial charge in [-0.2, -0.15) is 0 Å². The molecule has 0 saturated heterocycles. The van der Waals surface area contributed by atoms with Gasteiger partial charge in [-0.25, -0.2) is 9.97 Å².